The Bertz CT molecular complexity index is 549. The van der Waals surface area contributed by atoms with E-state index < -0.39 is 10.0 Å². The van der Waals surface area contributed by atoms with E-state index in [0.29, 0.717) is 31.3 Å². The first-order chi connectivity index (χ1) is 9.97. The fourth-order valence-electron chi connectivity index (χ4n) is 1.90. The van der Waals surface area contributed by atoms with Crippen molar-refractivity contribution in [3.63, 3.8) is 0 Å². The Morgan fingerprint density at radius 2 is 2.05 bits per heavy atom. The van der Waals surface area contributed by atoms with Crippen molar-refractivity contribution in [3.05, 3.63) is 28.8 Å². The molecule has 0 aromatic heterocycles. The standard InChI is InChI=1S/C14H23ClN2O3S/c1-4-16-11-12-10-13(6-7-14(12)15)21(18,19)17(5-2)8-9-20-3/h6-7,10,16H,4-5,8-9,11H2,1-3H3. The zero-order valence-electron chi connectivity index (χ0n) is 12.7. The molecule has 7 heteroatoms. The van der Waals surface area contributed by atoms with Crippen LogP contribution in [0.3, 0.4) is 0 Å². The molecule has 0 bridgehead atoms. The Balaban J connectivity index is 3.06. The molecule has 0 aliphatic heterocycles. The monoisotopic (exact) mass is 334 g/mol. The Kier molecular flexibility index (Phi) is 7.62. The van der Waals surface area contributed by atoms with Crippen molar-refractivity contribution in [3.8, 4) is 0 Å². The molecule has 0 heterocycles. The van der Waals surface area contributed by atoms with Crippen molar-refractivity contribution in [1.82, 2.24) is 9.62 Å². The number of ether oxygens (including phenoxy) is 1. The molecular weight excluding hydrogens is 312 g/mol. The third-order valence-corrected chi connectivity index (χ3v) is 5.46. The summed E-state index contributed by atoms with van der Waals surface area (Å²) in [4.78, 5) is 0.262. The van der Waals surface area contributed by atoms with Crippen molar-refractivity contribution in [2.75, 3.05) is 33.4 Å². The molecule has 1 rings (SSSR count). The number of rotatable bonds is 9. The summed E-state index contributed by atoms with van der Waals surface area (Å²) in [6.07, 6.45) is 0. The van der Waals surface area contributed by atoms with Gasteiger partial charge >= 0.3 is 0 Å². The summed E-state index contributed by atoms with van der Waals surface area (Å²) in [5.41, 5.74) is 0.780. The minimum atomic E-state index is -3.52. The Morgan fingerprint density at radius 3 is 2.62 bits per heavy atom. The third kappa shape index (κ3) is 4.93. The van der Waals surface area contributed by atoms with Gasteiger partial charge in [0, 0.05) is 31.8 Å². The Morgan fingerprint density at radius 1 is 1.33 bits per heavy atom. The summed E-state index contributed by atoms with van der Waals surface area (Å²) < 4.78 is 31.6. The van der Waals surface area contributed by atoms with Gasteiger partial charge < -0.3 is 10.1 Å². The van der Waals surface area contributed by atoms with Crippen molar-refractivity contribution >= 4 is 21.6 Å². The molecule has 1 aromatic carbocycles. The fraction of sp³-hybridized carbons (Fsp3) is 0.571. The highest BCUT2D eigenvalue weighted by Gasteiger charge is 2.23. The largest absolute Gasteiger partial charge is 0.383 e. The molecule has 1 aromatic rings. The number of nitrogens with zero attached hydrogens (tertiary/aromatic N) is 1. The molecule has 0 atom stereocenters. The maximum absolute atomic E-state index is 12.6. The van der Waals surface area contributed by atoms with Crippen LogP contribution >= 0.6 is 11.6 Å². The SMILES string of the molecule is CCNCc1cc(S(=O)(=O)N(CC)CCOC)ccc1Cl. The number of sulfonamides is 1. The summed E-state index contributed by atoms with van der Waals surface area (Å²) in [7, 11) is -1.97. The first kappa shape index (κ1) is 18.4. The fourth-order valence-corrected chi connectivity index (χ4v) is 3.57. The normalized spacial score (nSPS) is 12.0. The number of benzene rings is 1. The van der Waals surface area contributed by atoms with Crippen LogP contribution in [0, 0.1) is 0 Å². The Hall–Kier alpha value is -0.660. The highest BCUT2D eigenvalue weighted by atomic mass is 35.5. The van der Waals surface area contributed by atoms with E-state index in [0.717, 1.165) is 12.1 Å². The predicted octanol–water partition coefficient (Wildman–Crippen LogP) is 2.11. The van der Waals surface area contributed by atoms with Crippen LogP contribution in [0.1, 0.15) is 19.4 Å². The number of hydrogen-bond donors (Lipinski definition) is 1. The molecule has 0 saturated carbocycles. The summed E-state index contributed by atoms with van der Waals surface area (Å²) in [5.74, 6) is 0. The molecule has 0 unspecified atom stereocenters. The topological polar surface area (TPSA) is 58.6 Å². The number of methoxy groups -OCH3 is 1. The second-order valence-electron chi connectivity index (χ2n) is 4.52. The lowest BCUT2D eigenvalue weighted by Gasteiger charge is -2.20. The van der Waals surface area contributed by atoms with E-state index in [1.807, 2.05) is 13.8 Å². The molecule has 21 heavy (non-hydrogen) atoms. The van der Waals surface area contributed by atoms with Gasteiger partial charge in [0.05, 0.1) is 11.5 Å². The van der Waals surface area contributed by atoms with Crippen molar-refractivity contribution in [1.29, 1.82) is 0 Å². The van der Waals surface area contributed by atoms with Gasteiger partial charge in [-0.25, -0.2) is 8.42 Å². The van der Waals surface area contributed by atoms with Crippen molar-refractivity contribution in [2.24, 2.45) is 0 Å². The first-order valence-electron chi connectivity index (χ1n) is 6.95. The number of nitrogens with one attached hydrogen (secondary N) is 1. The van der Waals surface area contributed by atoms with Gasteiger partial charge in [-0.2, -0.15) is 4.31 Å². The van der Waals surface area contributed by atoms with Gasteiger partial charge in [-0.3, -0.25) is 0 Å². The maximum atomic E-state index is 12.6. The molecule has 0 aliphatic rings. The third-order valence-electron chi connectivity index (χ3n) is 3.12. The van der Waals surface area contributed by atoms with Gasteiger partial charge in [-0.05, 0) is 30.3 Å². The summed E-state index contributed by atoms with van der Waals surface area (Å²) in [6, 6.07) is 4.81. The van der Waals surface area contributed by atoms with Crippen LogP contribution < -0.4 is 5.32 Å². The smallest absolute Gasteiger partial charge is 0.243 e. The van der Waals surface area contributed by atoms with Crippen LogP contribution in [-0.4, -0.2) is 46.1 Å². The van der Waals surface area contributed by atoms with Gasteiger partial charge in [-0.15, -0.1) is 0 Å². The second-order valence-corrected chi connectivity index (χ2v) is 6.87. The summed E-state index contributed by atoms with van der Waals surface area (Å²) >= 11 is 6.11. The van der Waals surface area contributed by atoms with Gasteiger partial charge in [0.15, 0.2) is 0 Å². The van der Waals surface area contributed by atoms with Gasteiger partial charge in [0.1, 0.15) is 0 Å². The van der Waals surface area contributed by atoms with Crippen LogP contribution in [0.4, 0.5) is 0 Å². The second kappa shape index (κ2) is 8.70. The van der Waals surface area contributed by atoms with E-state index in [1.54, 1.807) is 25.3 Å². The molecule has 0 radical (unpaired) electrons. The minimum Gasteiger partial charge on any atom is -0.383 e. The van der Waals surface area contributed by atoms with Gasteiger partial charge in [-0.1, -0.05) is 25.4 Å². The lowest BCUT2D eigenvalue weighted by atomic mass is 10.2. The number of halogens is 1. The summed E-state index contributed by atoms with van der Waals surface area (Å²) in [6.45, 7) is 6.23. The Labute approximate surface area is 132 Å². The van der Waals surface area contributed by atoms with Gasteiger partial charge in [0.25, 0.3) is 0 Å². The average molecular weight is 335 g/mol. The summed E-state index contributed by atoms with van der Waals surface area (Å²) in [5, 5.41) is 3.71. The highest BCUT2D eigenvalue weighted by molar-refractivity contribution is 7.89. The zero-order valence-corrected chi connectivity index (χ0v) is 14.3. The molecule has 0 fully saturated rings. The minimum absolute atomic E-state index is 0.262. The molecule has 5 nitrogen and oxygen atoms in total. The lowest BCUT2D eigenvalue weighted by Crippen LogP contribution is -2.33. The number of hydrogen-bond acceptors (Lipinski definition) is 4. The van der Waals surface area contributed by atoms with Crippen molar-refractivity contribution < 1.29 is 13.2 Å². The van der Waals surface area contributed by atoms with Crippen LogP contribution in [0.5, 0.6) is 0 Å². The molecular formula is C14H23ClN2O3S. The van der Waals surface area contributed by atoms with E-state index in [9.17, 15) is 8.42 Å². The lowest BCUT2D eigenvalue weighted by molar-refractivity contribution is 0.180. The van der Waals surface area contributed by atoms with Crippen LogP contribution in [0.2, 0.25) is 5.02 Å². The zero-order chi connectivity index (χ0) is 15.9. The molecule has 0 aliphatic carbocycles. The van der Waals surface area contributed by atoms with Crippen LogP contribution in [-0.2, 0) is 21.3 Å². The molecule has 0 amide bonds. The molecule has 0 saturated heterocycles. The first-order valence-corrected chi connectivity index (χ1v) is 8.77. The van der Waals surface area contributed by atoms with Crippen LogP contribution in [0.25, 0.3) is 0 Å². The van der Waals surface area contributed by atoms with E-state index in [4.69, 9.17) is 16.3 Å². The van der Waals surface area contributed by atoms with E-state index in [1.165, 1.54) is 4.31 Å². The predicted molar refractivity (Wildman–Crippen MR) is 85.1 cm³/mol. The van der Waals surface area contributed by atoms with E-state index in [2.05, 4.69) is 5.32 Å². The van der Waals surface area contributed by atoms with Gasteiger partial charge in [0.2, 0.25) is 10.0 Å². The molecule has 120 valence electrons. The maximum Gasteiger partial charge on any atom is 0.243 e. The molecule has 1 N–H and O–H groups in total. The molecule has 0 spiro atoms. The number of likely N-dealkylation sites (N-methyl/N-ethyl adjacent to an activating group) is 1. The van der Waals surface area contributed by atoms with Crippen molar-refractivity contribution in [2.45, 2.75) is 25.3 Å². The average Bonchev–Trinajstić information content (AvgIpc) is 2.46. The van der Waals surface area contributed by atoms with Crippen LogP contribution in [0.15, 0.2) is 23.1 Å². The van der Waals surface area contributed by atoms with E-state index in [-0.39, 0.29) is 4.90 Å². The quantitative estimate of drug-likeness (QED) is 0.751. The van der Waals surface area contributed by atoms with E-state index >= 15 is 0 Å². The highest BCUT2D eigenvalue weighted by Crippen LogP contribution is 2.23.